The Morgan fingerprint density at radius 3 is 2.63 bits per heavy atom. The average Bonchev–Trinajstić information content (AvgIpc) is 3.26. The number of ether oxygens (including phenoxy) is 1. The number of aliphatic hydroxyl groups excluding tert-OH is 1. The molecular weight excluding hydrogens is 470 g/mol. The predicted molar refractivity (Wildman–Crippen MR) is 130 cm³/mol. The zero-order valence-corrected chi connectivity index (χ0v) is 21.8. The highest BCUT2D eigenvalue weighted by Gasteiger charge is 2.36. The zero-order chi connectivity index (χ0) is 25.9. The van der Waals surface area contributed by atoms with Crippen LogP contribution in [0.15, 0.2) is 29.8 Å². The quantitative estimate of drug-likeness (QED) is 0.592. The molecule has 1 aliphatic heterocycles. The van der Waals surface area contributed by atoms with Crippen molar-refractivity contribution in [1.82, 2.24) is 23.7 Å². The molecule has 11 heteroatoms. The Hall–Kier alpha value is -2.94. The van der Waals surface area contributed by atoms with Gasteiger partial charge in [0.1, 0.15) is 11.7 Å². The summed E-state index contributed by atoms with van der Waals surface area (Å²) in [4.78, 5) is 23.3. The van der Waals surface area contributed by atoms with Gasteiger partial charge in [0.25, 0.3) is 15.9 Å². The fourth-order valence-electron chi connectivity index (χ4n) is 3.65. The first-order chi connectivity index (χ1) is 16.4. The van der Waals surface area contributed by atoms with Crippen molar-refractivity contribution in [1.29, 1.82) is 0 Å². The highest BCUT2D eigenvalue weighted by atomic mass is 32.2. The van der Waals surface area contributed by atoms with Crippen molar-refractivity contribution in [2.45, 2.75) is 44.9 Å². The van der Waals surface area contributed by atoms with Gasteiger partial charge in [-0.3, -0.25) is 4.79 Å². The monoisotopic (exact) mass is 503 g/mol. The number of imidazole rings is 1. The van der Waals surface area contributed by atoms with Crippen molar-refractivity contribution in [3.8, 4) is 17.7 Å². The molecule has 0 unspecified atom stereocenters. The number of amides is 1. The molecule has 0 aliphatic carbocycles. The molecular formula is C24H33N5O5S. The smallest absolute Gasteiger partial charge is 0.261 e. The number of rotatable bonds is 6. The minimum Gasteiger partial charge on any atom is -0.472 e. The van der Waals surface area contributed by atoms with Gasteiger partial charge in [-0.25, -0.2) is 18.4 Å². The van der Waals surface area contributed by atoms with Crippen molar-refractivity contribution in [3.63, 3.8) is 0 Å². The van der Waals surface area contributed by atoms with E-state index in [4.69, 9.17) is 4.74 Å². The number of hydrogen-bond acceptors (Lipinski definition) is 7. The Bertz CT molecular complexity index is 1230. The summed E-state index contributed by atoms with van der Waals surface area (Å²) in [6, 6.07) is 1.19. The third-order valence-electron chi connectivity index (χ3n) is 5.82. The molecule has 35 heavy (non-hydrogen) atoms. The summed E-state index contributed by atoms with van der Waals surface area (Å²) in [5, 5.41) is 9.73. The maximum atomic E-state index is 13.4. The third kappa shape index (κ3) is 6.01. The average molecular weight is 504 g/mol. The second-order valence-electron chi connectivity index (χ2n) is 9.29. The van der Waals surface area contributed by atoms with Crippen LogP contribution in [-0.4, -0.2) is 82.1 Å². The van der Waals surface area contributed by atoms with Crippen molar-refractivity contribution < 1.29 is 23.1 Å². The number of nitrogens with zero attached hydrogens (tertiary/aromatic N) is 5. The van der Waals surface area contributed by atoms with Gasteiger partial charge < -0.3 is 19.3 Å². The van der Waals surface area contributed by atoms with Crippen molar-refractivity contribution in [2.24, 2.45) is 18.9 Å². The van der Waals surface area contributed by atoms with Gasteiger partial charge in [-0.1, -0.05) is 32.6 Å². The predicted octanol–water partition coefficient (Wildman–Crippen LogP) is 1.36. The van der Waals surface area contributed by atoms with E-state index < -0.39 is 22.2 Å². The van der Waals surface area contributed by atoms with E-state index in [0.717, 1.165) is 0 Å². The number of sulfonamides is 1. The number of pyridine rings is 1. The topological polar surface area (TPSA) is 118 Å². The maximum Gasteiger partial charge on any atom is 0.261 e. The standard InChI is InChI=1S/C24H33N5O5S/c1-16(2)7-8-19-9-20-23(25-10-19)34-21(17(3)11-29(24(20)31)18(4)14-30)12-28(6)35(32,33)22-13-27(5)15-26-22/h9-10,13,15-18,21,30H,11-12,14H2,1-6H3/t17-,18-,21+/m0/s1. The largest absolute Gasteiger partial charge is 0.472 e. The van der Waals surface area contributed by atoms with Crippen LogP contribution in [0.2, 0.25) is 0 Å². The molecule has 0 radical (unpaired) electrons. The van der Waals surface area contributed by atoms with Crippen LogP contribution < -0.4 is 4.74 Å². The lowest BCUT2D eigenvalue weighted by atomic mass is 10.00. The van der Waals surface area contributed by atoms with E-state index in [1.165, 1.54) is 23.9 Å². The van der Waals surface area contributed by atoms with Gasteiger partial charge in [0.2, 0.25) is 5.88 Å². The number of carbonyl (C=O) groups excluding carboxylic acids is 1. The van der Waals surface area contributed by atoms with E-state index >= 15 is 0 Å². The van der Waals surface area contributed by atoms with E-state index in [-0.39, 0.29) is 53.9 Å². The Kier molecular flexibility index (Phi) is 8.20. The Labute approximate surface area is 207 Å². The lowest BCUT2D eigenvalue weighted by Gasteiger charge is -2.37. The molecule has 1 N–H and O–H groups in total. The van der Waals surface area contributed by atoms with E-state index in [9.17, 15) is 18.3 Å². The molecule has 0 bridgehead atoms. The normalized spacial score (nSPS) is 19.5. The Morgan fingerprint density at radius 1 is 1.31 bits per heavy atom. The maximum absolute atomic E-state index is 13.4. The number of aliphatic hydroxyl groups is 1. The van der Waals surface area contributed by atoms with Crippen LogP contribution >= 0.6 is 0 Å². The third-order valence-corrected chi connectivity index (χ3v) is 7.53. The summed E-state index contributed by atoms with van der Waals surface area (Å²) in [6.45, 7) is 7.64. The number of hydrogen-bond donors (Lipinski definition) is 1. The lowest BCUT2D eigenvalue weighted by molar-refractivity contribution is 0.0373. The Balaban J connectivity index is 1.99. The summed E-state index contributed by atoms with van der Waals surface area (Å²) in [5.41, 5.74) is 0.805. The molecule has 2 aromatic heterocycles. The van der Waals surface area contributed by atoms with E-state index in [1.54, 1.807) is 35.7 Å². The van der Waals surface area contributed by atoms with Gasteiger partial charge in [-0.2, -0.15) is 4.31 Å². The molecule has 1 amide bonds. The van der Waals surface area contributed by atoms with Crippen LogP contribution in [0.1, 0.15) is 43.6 Å². The van der Waals surface area contributed by atoms with E-state index in [2.05, 4.69) is 21.8 Å². The first-order valence-corrected chi connectivity index (χ1v) is 12.9. The van der Waals surface area contributed by atoms with Crippen LogP contribution in [-0.2, 0) is 17.1 Å². The number of fused-ring (bicyclic) bond motifs is 1. The second-order valence-corrected chi connectivity index (χ2v) is 11.3. The molecule has 3 heterocycles. The lowest BCUT2D eigenvalue weighted by Crippen LogP contribution is -2.50. The molecule has 10 nitrogen and oxygen atoms in total. The summed E-state index contributed by atoms with van der Waals surface area (Å²) >= 11 is 0. The van der Waals surface area contributed by atoms with Gasteiger partial charge in [-0.15, -0.1) is 0 Å². The van der Waals surface area contributed by atoms with Crippen LogP contribution in [0, 0.1) is 23.7 Å². The molecule has 0 aromatic carbocycles. The number of carbonyl (C=O) groups is 1. The number of likely N-dealkylation sites (N-methyl/N-ethyl adjacent to an activating group) is 1. The fourth-order valence-corrected chi connectivity index (χ4v) is 4.79. The van der Waals surface area contributed by atoms with Gasteiger partial charge >= 0.3 is 0 Å². The van der Waals surface area contributed by atoms with Crippen LogP contribution in [0.25, 0.3) is 0 Å². The SMILES string of the molecule is CC(C)C#Cc1cnc2c(c1)C(=O)N([C@@H](C)CO)C[C@H](C)[C@@H](CN(C)S(=O)(=O)c1cn(C)cn1)O2. The molecule has 1 aliphatic rings. The van der Waals surface area contributed by atoms with E-state index in [1.807, 2.05) is 20.8 Å². The van der Waals surface area contributed by atoms with Gasteiger partial charge in [0.05, 0.1) is 25.5 Å². The highest BCUT2D eigenvalue weighted by Crippen LogP contribution is 2.28. The molecule has 0 spiro atoms. The van der Waals surface area contributed by atoms with Crippen molar-refractivity contribution in [3.05, 3.63) is 35.9 Å². The number of aryl methyl sites for hydroxylation is 1. The molecule has 0 saturated heterocycles. The summed E-state index contributed by atoms with van der Waals surface area (Å²) in [6.07, 6.45) is 3.79. The molecule has 3 atom stereocenters. The summed E-state index contributed by atoms with van der Waals surface area (Å²) in [7, 11) is -0.679. The van der Waals surface area contributed by atoms with E-state index in [0.29, 0.717) is 5.56 Å². The summed E-state index contributed by atoms with van der Waals surface area (Å²) < 4.78 is 35.0. The number of aromatic nitrogens is 3. The van der Waals surface area contributed by atoms with Crippen LogP contribution in [0.5, 0.6) is 5.88 Å². The zero-order valence-electron chi connectivity index (χ0n) is 21.0. The van der Waals surface area contributed by atoms with Gasteiger partial charge in [0, 0.05) is 50.4 Å². The molecule has 190 valence electrons. The first kappa shape index (κ1) is 26.7. The van der Waals surface area contributed by atoms with Crippen molar-refractivity contribution >= 4 is 15.9 Å². The van der Waals surface area contributed by atoms with Crippen LogP contribution in [0.4, 0.5) is 0 Å². The first-order valence-electron chi connectivity index (χ1n) is 11.5. The second kappa shape index (κ2) is 10.8. The highest BCUT2D eigenvalue weighted by molar-refractivity contribution is 7.89. The molecule has 2 aromatic rings. The fraction of sp³-hybridized carbons (Fsp3) is 0.542. The minimum absolute atomic E-state index is 0.0195. The minimum atomic E-state index is -3.84. The van der Waals surface area contributed by atoms with Gasteiger partial charge in [-0.05, 0) is 13.0 Å². The van der Waals surface area contributed by atoms with Gasteiger partial charge in [0.15, 0.2) is 5.03 Å². The molecule has 0 fully saturated rings. The van der Waals surface area contributed by atoms with Crippen molar-refractivity contribution in [2.75, 3.05) is 26.7 Å². The molecule has 3 rings (SSSR count). The summed E-state index contributed by atoms with van der Waals surface area (Å²) in [5.74, 6) is 5.76. The Morgan fingerprint density at radius 2 is 2.03 bits per heavy atom. The molecule has 0 saturated carbocycles. The van der Waals surface area contributed by atoms with Crippen LogP contribution in [0.3, 0.4) is 0 Å².